The maximum Gasteiger partial charge on any atom is 0.352 e. The molecule has 0 amide bonds. The lowest BCUT2D eigenvalue weighted by Gasteiger charge is -2.10. The smallest absolute Gasteiger partial charge is 0.352 e. The minimum atomic E-state index is -0.932. The van der Waals surface area contributed by atoms with Crippen LogP contribution in [-0.4, -0.2) is 15.6 Å². The molecule has 1 heterocycles. The highest BCUT2D eigenvalue weighted by Gasteiger charge is 2.22. The van der Waals surface area contributed by atoms with Gasteiger partial charge in [-0.05, 0) is 34.9 Å². The van der Waals surface area contributed by atoms with Crippen LogP contribution in [0.1, 0.15) is 32.7 Å². The summed E-state index contributed by atoms with van der Waals surface area (Å²) in [6.07, 6.45) is 1.79. The number of aromatic nitrogens is 1. The fourth-order valence-electron chi connectivity index (χ4n) is 3.88. The maximum atomic E-state index is 12.3. The van der Waals surface area contributed by atoms with Gasteiger partial charge in [0.15, 0.2) is 0 Å². The second-order valence-corrected chi connectivity index (χ2v) is 7.85. The van der Waals surface area contributed by atoms with Crippen LogP contribution in [0.2, 0.25) is 5.02 Å². The van der Waals surface area contributed by atoms with Crippen molar-refractivity contribution < 1.29 is 9.90 Å². The van der Waals surface area contributed by atoms with Crippen molar-refractivity contribution >= 4 is 34.5 Å². The molecule has 3 aromatic carbocycles. The first-order valence-electron chi connectivity index (χ1n) is 10.1. The molecule has 0 aliphatic carbocycles. The van der Waals surface area contributed by atoms with Crippen molar-refractivity contribution in [3.8, 4) is 0 Å². The lowest BCUT2D eigenvalue weighted by Crippen LogP contribution is -2.17. The van der Waals surface area contributed by atoms with Crippen LogP contribution in [-0.2, 0) is 19.6 Å². The van der Waals surface area contributed by atoms with Crippen molar-refractivity contribution in [2.45, 2.75) is 19.6 Å². The average Bonchev–Trinajstić information content (AvgIpc) is 3.08. The predicted molar refractivity (Wildman–Crippen MR) is 127 cm³/mol. The molecule has 156 valence electrons. The molecule has 0 fully saturated rings. The number of nitrogens with one attached hydrogen (secondary N) is 1. The molecule has 0 atom stereocenters. The summed E-state index contributed by atoms with van der Waals surface area (Å²) >= 11 is 6.07. The summed E-state index contributed by atoms with van der Waals surface area (Å²) in [6, 6.07) is 23.5. The minimum Gasteiger partial charge on any atom is -0.477 e. The minimum absolute atomic E-state index is 0.313. The molecule has 0 unspecified atom stereocenters. The molecule has 4 aromatic rings. The van der Waals surface area contributed by atoms with E-state index < -0.39 is 5.97 Å². The van der Waals surface area contributed by atoms with Crippen molar-refractivity contribution in [1.82, 2.24) is 9.88 Å². The Bertz CT molecular complexity index is 1240. The van der Waals surface area contributed by atoms with E-state index in [1.807, 2.05) is 77.4 Å². The van der Waals surface area contributed by atoms with Gasteiger partial charge in [-0.1, -0.05) is 78.9 Å². The second kappa shape index (κ2) is 9.21. The first-order chi connectivity index (χ1) is 15.1. The first-order valence-corrected chi connectivity index (χ1v) is 10.4. The summed E-state index contributed by atoms with van der Waals surface area (Å²) in [7, 11) is 0. The Labute approximate surface area is 186 Å². The van der Waals surface area contributed by atoms with Crippen LogP contribution in [0, 0.1) is 0 Å². The number of halogens is 1. The lowest BCUT2D eigenvalue weighted by atomic mass is 10.1. The average molecular weight is 431 g/mol. The van der Waals surface area contributed by atoms with E-state index in [0.717, 1.165) is 33.2 Å². The summed E-state index contributed by atoms with van der Waals surface area (Å²) in [5.41, 5.74) is 5.13. The van der Waals surface area contributed by atoms with E-state index in [2.05, 4.69) is 11.9 Å². The molecule has 0 saturated carbocycles. The molecule has 5 heteroatoms. The van der Waals surface area contributed by atoms with Crippen LogP contribution in [0.25, 0.3) is 17.0 Å². The normalized spacial score (nSPS) is 11.0. The molecule has 2 N–H and O–H groups in total. The first kappa shape index (κ1) is 20.9. The standard InChI is InChI=1S/C26H23ClN2O2/c1-2-18-10-12-19(13-11-18)17-29-24-9-4-3-8-22(24)23(25(29)26(30)31)16-28-15-20-6-5-7-21(27)14-20/h2-14,28H,1,15-17H2,(H,30,31). The van der Waals surface area contributed by atoms with Crippen molar-refractivity contribution in [3.63, 3.8) is 0 Å². The van der Waals surface area contributed by atoms with Gasteiger partial charge < -0.3 is 15.0 Å². The van der Waals surface area contributed by atoms with Gasteiger partial charge in [0.25, 0.3) is 0 Å². The Kier molecular flexibility index (Phi) is 6.21. The monoisotopic (exact) mass is 430 g/mol. The van der Waals surface area contributed by atoms with Crippen LogP contribution in [0.4, 0.5) is 0 Å². The van der Waals surface area contributed by atoms with Gasteiger partial charge in [0.05, 0.1) is 0 Å². The van der Waals surface area contributed by atoms with Gasteiger partial charge in [0.1, 0.15) is 5.69 Å². The van der Waals surface area contributed by atoms with Crippen molar-refractivity contribution in [1.29, 1.82) is 0 Å². The van der Waals surface area contributed by atoms with Gasteiger partial charge >= 0.3 is 5.97 Å². The van der Waals surface area contributed by atoms with E-state index in [4.69, 9.17) is 11.6 Å². The molecule has 0 spiro atoms. The second-order valence-electron chi connectivity index (χ2n) is 7.41. The summed E-state index contributed by atoms with van der Waals surface area (Å²) in [4.78, 5) is 12.3. The van der Waals surface area contributed by atoms with E-state index in [1.165, 1.54) is 0 Å². The third-order valence-electron chi connectivity index (χ3n) is 5.35. The zero-order chi connectivity index (χ0) is 21.8. The zero-order valence-corrected chi connectivity index (χ0v) is 17.8. The Hall–Kier alpha value is -3.34. The van der Waals surface area contributed by atoms with Gasteiger partial charge in [-0.2, -0.15) is 0 Å². The number of aromatic carboxylic acids is 1. The number of hydrogen-bond acceptors (Lipinski definition) is 2. The number of carboxylic acid groups (broad SMARTS) is 1. The maximum absolute atomic E-state index is 12.3. The number of carboxylic acids is 1. The van der Waals surface area contributed by atoms with Crippen LogP contribution < -0.4 is 5.32 Å². The summed E-state index contributed by atoms with van der Waals surface area (Å²) in [5.74, 6) is -0.932. The Morgan fingerprint density at radius 1 is 1.00 bits per heavy atom. The van der Waals surface area contributed by atoms with Crippen molar-refractivity contribution in [2.75, 3.05) is 0 Å². The van der Waals surface area contributed by atoms with E-state index in [-0.39, 0.29) is 0 Å². The van der Waals surface area contributed by atoms with Crippen LogP contribution in [0.3, 0.4) is 0 Å². The van der Waals surface area contributed by atoms with E-state index in [1.54, 1.807) is 6.08 Å². The van der Waals surface area contributed by atoms with Crippen LogP contribution in [0.15, 0.2) is 79.4 Å². The highest BCUT2D eigenvalue weighted by Crippen LogP contribution is 2.28. The zero-order valence-electron chi connectivity index (χ0n) is 17.0. The Morgan fingerprint density at radius 3 is 2.48 bits per heavy atom. The van der Waals surface area contributed by atoms with Crippen molar-refractivity contribution in [3.05, 3.63) is 112 Å². The van der Waals surface area contributed by atoms with E-state index in [9.17, 15) is 9.90 Å². The quantitative estimate of drug-likeness (QED) is 0.362. The van der Waals surface area contributed by atoms with Gasteiger partial charge in [0.2, 0.25) is 0 Å². The van der Waals surface area contributed by atoms with Gasteiger partial charge in [-0.15, -0.1) is 0 Å². The van der Waals surface area contributed by atoms with Crippen molar-refractivity contribution in [2.24, 2.45) is 0 Å². The van der Waals surface area contributed by atoms with Crippen LogP contribution >= 0.6 is 11.6 Å². The number of fused-ring (bicyclic) bond motifs is 1. The molecule has 4 nitrogen and oxygen atoms in total. The highest BCUT2D eigenvalue weighted by atomic mass is 35.5. The molecule has 0 radical (unpaired) electrons. The largest absolute Gasteiger partial charge is 0.477 e. The molecule has 4 rings (SSSR count). The number of carbonyl (C=O) groups is 1. The third kappa shape index (κ3) is 4.55. The number of rotatable bonds is 8. The highest BCUT2D eigenvalue weighted by molar-refractivity contribution is 6.30. The summed E-state index contributed by atoms with van der Waals surface area (Å²) < 4.78 is 1.89. The number of benzene rings is 3. The Balaban J connectivity index is 1.68. The molecule has 1 aromatic heterocycles. The fraction of sp³-hybridized carbons (Fsp3) is 0.115. The SMILES string of the molecule is C=Cc1ccc(Cn2c(C(=O)O)c(CNCc3cccc(Cl)c3)c3ccccc32)cc1. The Morgan fingerprint density at radius 2 is 1.77 bits per heavy atom. The third-order valence-corrected chi connectivity index (χ3v) is 5.59. The molecule has 0 saturated heterocycles. The van der Waals surface area contributed by atoms with E-state index in [0.29, 0.717) is 30.4 Å². The molecule has 0 bridgehead atoms. The number of hydrogen-bond donors (Lipinski definition) is 2. The molecular weight excluding hydrogens is 408 g/mol. The topological polar surface area (TPSA) is 54.3 Å². The van der Waals surface area contributed by atoms with Crippen LogP contribution in [0.5, 0.6) is 0 Å². The molecule has 31 heavy (non-hydrogen) atoms. The molecule has 0 aliphatic heterocycles. The molecule has 0 aliphatic rings. The molecular formula is C26H23ClN2O2. The van der Waals surface area contributed by atoms with Gasteiger partial charge in [-0.3, -0.25) is 0 Å². The number of para-hydroxylation sites is 1. The fourth-order valence-corrected chi connectivity index (χ4v) is 4.10. The predicted octanol–water partition coefficient (Wildman–Crippen LogP) is 5.97. The number of nitrogens with zero attached hydrogens (tertiary/aromatic N) is 1. The van der Waals surface area contributed by atoms with Gasteiger partial charge in [-0.25, -0.2) is 4.79 Å². The lowest BCUT2D eigenvalue weighted by molar-refractivity contribution is 0.0685. The summed E-state index contributed by atoms with van der Waals surface area (Å²) in [6.45, 7) is 5.31. The van der Waals surface area contributed by atoms with E-state index >= 15 is 0 Å². The van der Waals surface area contributed by atoms with Gasteiger partial charge in [0, 0.05) is 41.1 Å². The summed E-state index contributed by atoms with van der Waals surface area (Å²) in [5, 5.41) is 15.1.